The van der Waals surface area contributed by atoms with E-state index >= 15 is 0 Å². The van der Waals surface area contributed by atoms with Gasteiger partial charge < -0.3 is 9.64 Å². The molecule has 1 aliphatic rings. The molecule has 23 heavy (non-hydrogen) atoms. The van der Waals surface area contributed by atoms with Crippen LogP contribution in [0, 0.1) is 12.3 Å². The Balaban J connectivity index is 2.16. The second-order valence-electron chi connectivity index (χ2n) is 6.79. The zero-order chi connectivity index (χ0) is 17.3. The molecule has 1 fully saturated rings. The molecule has 128 valence electrons. The number of benzene rings is 1. The molecule has 1 amide bonds. The first-order chi connectivity index (χ1) is 10.6. The standard InChI is InChI=1S/C16H23NO5S/c1-12-6-8-13(9-7-12)23(19,20)22-14(16(2,3)4)21-15(18)17-10-5-11-17/h6-9,14H,5,10-11H2,1-4H3. The van der Waals surface area contributed by atoms with Crippen LogP contribution in [0.3, 0.4) is 0 Å². The first-order valence-corrected chi connectivity index (χ1v) is 8.96. The van der Waals surface area contributed by atoms with Gasteiger partial charge in [0.25, 0.3) is 10.1 Å². The number of hydrogen-bond donors (Lipinski definition) is 0. The molecule has 0 aromatic heterocycles. The summed E-state index contributed by atoms with van der Waals surface area (Å²) in [5.74, 6) is 0. The average molecular weight is 341 g/mol. The van der Waals surface area contributed by atoms with E-state index in [1.165, 1.54) is 17.0 Å². The Bertz CT molecular complexity index is 657. The minimum absolute atomic E-state index is 0.0392. The number of likely N-dealkylation sites (tertiary alicyclic amines) is 1. The van der Waals surface area contributed by atoms with Gasteiger partial charge in [0.1, 0.15) is 0 Å². The topological polar surface area (TPSA) is 72.9 Å². The molecular weight excluding hydrogens is 318 g/mol. The predicted molar refractivity (Wildman–Crippen MR) is 85.4 cm³/mol. The van der Waals surface area contributed by atoms with Crippen molar-refractivity contribution in [2.75, 3.05) is 13.1 Å². The summed E-state index contributed by atoms with van der Waals surface area (Å²) in [4.78, 5) is 13.5. The molecule has 0 radical (unpaired) electrons. The molecule has 0 N–H and O–H groups in total. The second-order valence-corrected chi connectivity index (χ2v) is 8.36. The van der Waals surface area contributed by atoms with E-state index in [9.17, 15) is 13.2 Å². The van der Waals surface area contributed by atoms with Crippen molar-refractivity contribution in [3.05, 3.63) is 29.8 Å². The molecule has 1 unspecified atom stereocenters. The van der Waals surface area contributed by atoms with Crippen LogP contribution in [0.2, 0.25) is 0 Å². The number of carbonyl (C=O) groups is 1. The predicted octanol–water partition coefficient (Wildman–Crippen LogP) is 2.91. The summed E-state index contributed by atoms with van der Waals surface area (Å²) in [7, 11) is -4.02. The quantitative estimate of drug-likeness (QED) is 0.622. The van der Waals surface area contributed by atoms with E-state index in [1.807, 2.05) is 6.92 Å². The highest BCUT2D eigenvalue weighted by molar-refractivity contribution is 7.86. The fourth-order valence-electron chi connectivity index (χ4n) is 1.88. The maximum Gasteiger partial charge on any atom is 0.412 e. The first-order valence-electron chi connectivity index (χ1n) is 7.55. The van der Waals surface area contributed by atoms with Crippen LogP contribution >= 0.6 is 0 Å². The monoisotopic (exact) mass is 341 g/mol. The molecule has 0 saturated carbocycles. The van der Waals surface area contributed by atoms with E-state index in [0.717, 1.165) is 12.0 Å². The van der Waals surface area contributed by atoms with Crippen LogP contribution in [0.25, 0.3) is 0 Å². The third-order valence-corrected chi connectivity index (χ3v) is 4.83. The van der Waals surface area contributed by atoms with Gasteiger partial charge in [0.15, 0.2) is 0 Å². The van der Waals surface area contributed by atoms with Gasteiger partial charge in [-0.3, -0.25) is 0 Å². The molecule has 2 rings (SSSR count). The third kappa shape index (κ3) is 4.45. The lowest BCUT2D eigenvalue weighted by atomic mass is 9.96. The first kappa shape index (κ1) is 17.7. The fourth-order valence-corrected chi connectivity index (χ4v) is 3.02. The fraction of sp³-hybridized carbons (Fsp3) is 0.562. The number of nitrogens with zero attached hydrogens (tertiary/aromatic N) is 1. The van der Waals surface area contributed by atoms with E-state index in [2.05, 4.69) is 0 Å². The highest BCUT2D eigenvalue weighted by Gasteiger charge is 2.36. The average Bonchev–Trinajstić information content (AvgIpc) is 2.35. The molecule has 1 aromatic rings. The van der Waals surface area contributed by atoms with Gasteiger partial charge in [0.05, 0.1) is 4.90 Å². The van der Waals surface area contributed by atoms with Crippen LogP contribution in [0.15, 0.2) is 29.2 Å². The van der Waals surface area contributed by atoms with Crippen molar-refractivity contribution in [3.8, 4) is 0 Å². The van der Waals surface area contributed by atoms with Crippen LogP contribution in [0.5, 0.6) is 0 Å². The van der Waals surface area contributed by atoms with Gasteiger partial charge in [-0.2, -0.15) is 8.42 Å². The summed E-state index contributed by atoms with van der Waals surface area (Å²) < 4.78 is 35.3. The third-order valence-electron chi connectivity index (χ3n) is 3.55. The summed E-state index contributed by atoms with van der Waals surface area (Å²) in [6.07, 6.45) is -0.810. The van der Waals surface area contributed by atoms with Crippen molar-refractivity contribution in [2.24, 2.45) is 5.41 Å². The van der Waals surface area contributed by atoms with Crippen LogP contribution in [-0.2, 0) is 19.0 Å². The van der Waals surface area contributed by atoms with Crippen molar-refractivity contribution < 1.29 is 22.1 Å². The van der Waals surface area contributed by atoms with E-state index in [1.54, 1.807) is 32.9 Å². The van der Waals surface area contributed by atoms with Gasteiger partial charge in [0.2, 0.25) is 6.29 Å². The Morgan fingerprint density at radius 2 is 1.74 bits per heavy atom. The van der Waals surface area contributed by atoms with Crippen LogP contribution in [-0.4, -0.2) is 38.8 Å². The van der Waals surface area contributed by atoms with Gasteiger partial charge in [-0.25, -0.2) is 8.98 Å². The SMILES string of the molecule is Cc1ccc(S(=O)(=O)OC(OC(=O)N2CCC2)C(C)(C)C)cc1. The van der Waals surface area contributed by atoms with Gasteiger partial charge in [-0.05, 0) is 25.5 Å². The molecule has 1 heterocycles. The van der Waals surface area contributed by atoms with E-state index in [-0.39, 0.29) is 4.90 Å². The molecule has 7 heteroatoms. The Morgan fingerprint density at radius 3 is 2.17 bits per heavy atom. The Kier molecular flexibility index (Phi) is 5.01. The lowest BCUT2D eigenvalue weighted by Crippen LogP contribution is -2.46. The molecule has 1 saturated heterocycles. The molecule has 1 aliphatic heterocycles. The van der Waals surface area contributed by atoms with Gasteiger partial charge in [0, 0.05) is 18.5 Å². The van der Waals surface area contributed by atoms with Gasteiger partial charge in [-0.1, -0.05) is 38.5 Å². The van der Waals surface area contributed by atoms with E-state index in [0.29, 0.717) is 13.1 Å². The zero-order valence-electron chi connectivity index (χ0n) is 13.9. The number of hydrogen-bond acceptors (Lipinski definition) is 5. The minimum atomic E-state index is -4.02. The number of rotatable bonds is 4. The maximum atomic E-state index is 12.4. The Morgan fingerprint density at radius 1 is 1.17 bits per heavy atom. The van der Waals surface area contributed by atoms with Crippen LogP contribution in [0.4, 0.5) is 4.79 Å². The van der Waals surface area contributed by atoms with Gasteiger partial charge in [-0.15, -0.1) is 0 Å². The normalized spacial score (nSPS) is 16.6. The summed E-state index contributed by atoms with van der Waals surface area (Å²) in [6.45, 7) is 8.38. The van der Waals surface area contributed by atoms with Crippen molar-refractivity contribution in [1.29, 1.82) is 0 Å². The lowest BCUT2D eigenvalue weighted by molar-refractivity contribution is -0.108. The molecule has 1 atom stereocenters. The summed E-state index contributed by atoms with van der Waals surface area (Å²) in [5, 5.41) is 0. The molecular formula is C16H23NO5S. The van der Waals surface area contributed by atoms with Crippen LogP contribution < -0.4 is 0 Å². The Hall–Kier alpha value is -1.60. The molecule has 0 spiro atoms. The number of aryl methyl sites for hydroxylation is 1. The number of ether oxygens (including phenoxy) is 1. The van der Waals surface area contributed by atoms with Crippen molar-refractivity contribution in [3.63, 3.8) is 0 Å². The smallest absolute Gasteiger partial charge is 0.412 e. The molecule has 6 nitrogen and oxygen atoms in total. The molecule has 0 aliphatic carbocycles. The van der Waals surface area contributed by atoms with E-state index in [4.69, 9.17) is 8.92 Å². The van der Waals surface area contributed by atoms with E-state index < -0.39 is 27.9 Å². The number of carbonyl (C=O) groups excluding carboxylic acids is 1. The molecule has 0 bridgehead atoms. The summed E-state index contributed by atoms with van der Waals surface area (Å²) >= 11 is 0. The van der Waals surface area contributed by atoms with Crippen LogP contribution in [0.1, 0.15) is 32.8 Å². The van der Waals surface area contributed by atoms with Crippen molar-refractivity contribution in [2.45, 2.75) is 45.3 Å². The lowest BCUT2D eigenvalue weighted by Gasteiger charge is -2.34. The summed E-state index contributed by atoms with van der Waals surface area (Å²) in [5.41, 5.74) is 0.263. The van der Waals surface area contributed by atoms with Gasteiger partial charge >= 0.3 is 6.09 Å². The molecule has 1 aromatic carbocycles. The van der Waals surface area contributed by atoms with Crippen molar-refractivity contribution in [1.82, 2.24) is 4.90 Å². The van der Waals surface area contributed by atoms with Crippen molar-refractivity contribution >= 4 is 16.2 Å². The zero-order valence-corrected chi connectivity index (χ0v) is 14.7. The largest absolute Gasteiger partial charge is 0.418 e. The highest BCUT2D eigenvalue weighted by Crippen LogP contribution is 2.28. The number of amides is 1. The Labute approximate surface area is 137 Å². The minimum Gasteiger partial charge on any atom is -0.418 e. The second kappa shape index (κ2) is 6.49. The maximum absolute atomic E-state index is 12.4. The summed E-state index contributed by atoms with van der Waals surface area (Å²) in [6, 6.07) is 6.33. The highest BCUT2D eigenvalue weighted by atomic mass is 32.2.